The Hall–Kier alpha value is -2.86. The zero-order chi connectivity index (χ0) is 21.5. The van der Waals surface area contributed by atoms with Gasteiger partial charge in [0.15, 0.2) is 0 Å². The van der Waals surface area contributed by atoms with Gasteiger partial charge in [-0.3, -0.25) is 14.8 Å². The van der Waals surface area contributed by atoms with Crippen LogP contribution in [-0.2, 0) is 4.79 Å². The minimum Gasteiger partial charge on any atom is -0.387 e. The van der Waals surface area contributed by atoms with Crippen LogP contribution < -0.4 is 5.32 Å². The van der Waals surface area contributed by atoms with Gasteiger partial charge in [-0.2, -0.15) is 0 Å². The van der Waals surface area contributed by atoms with E-state index < -0.39 is 6.10 Å². The lowest BCUT2D eigenvalue weighted by atomic mass is 10.0. The Balaban J connectivity index is 1.52. The maximum absolute atomic E-state index is 12.1. The number of carbonyl (C=O) groups excluding carboxylic acids is 1. The molecular formula is C25H28N4O2. The smallest absolute Gasteiger partial charge is 0.228 e. The molecule has 2 saturated carbocycles. The minimum absolute atomic E-state index is 0.0662. The van der Waals surface area contributed by atoms with Crippen molar-refractivity contribution in [3.63, 3.8) is 0 Å². The van der Waals surface area contributed by atoms with Crippen molar-refractivity contribution in [2.24, 2.45) is 5.92 Å². The summed E-state index contributed by atoms with van der Waals surface area (Å²) in [4.78, 5) is 26.2. The Bertz CT molecular complexity index is 1150. The zero-order valence-corrected chi connectivity index (χ0v) is 18.1. The highest BCUT2D eigenvalue weighted by molar-refractivity contribution is 5.96. The van der Waals surface area contributed by atoms with Gasteiger partial charge in [0.25, 0.3) is 0 Å². The fourth-order valence-corrected chi connectivity index (χ4v) is 4.07. The largest absolute Gasteiger partial charge is 0.387 e. The van der Waals surface area contributed by atoms with Gasteiger partial charge in [-0.05, 0) is 62.8 Å². The molecule has 2 fully saturated rings. The zero-order valence-electron chi connectivity index (χ0n) is 18.1. The molecule has 1 atom stereocenters. The van der Waals surface area contributed by atoms with Crippen molar-refractivity contribution in [1.29, 1.82) is 0 Å². The van der Waals surface area contributed by atoms with E-state index in [1.807, 2.05) is 37.5 Å². The number of nitrogens with zero attached hydrogens (tertiary/aromatic N) is 3. The summed E-state index contributed by atoms with van der Waals surface area (Å²) < 4.78 is 0. The number of carbonyl (C=O) groups is 1. The highest BCUT2D eigenvalue weighted by Gasteiger charge is 2.31. The molecule has 0 aromatic carbocycles. The van der Waals surface area contributed by atoms with E-state index in [-0.39, 0.29) is 11.8 Å². The number of aliphatic hydroxyl groups excluding tert-OH is 1. The Labute approximate surface area is 182 Å². The number of amides is 1. The average molecular weight is 417 g/mol. The summed E-state index contributed by atoms with van der Waals surface area (Å²) >= 11 is 0. The number of hydrogen-bond donors (Lipinski definition) is 2. The van der Waals surface area contributed by atoms with Crippen LogP contribution in [-0.4, -0.2) is 26.0 Å². The summed E-state index contributed by atoms with van der Waals surface area (Å²) in [7, 11) is 0. The minimum atomic E-state index is -0.530. The molecule has 0 bridgehead atoms. The fraction of sp³-hybridized carbons (Fsp3) is 0.440. The molecule has 1 amide bonds. The summed E-state index contributed by atoms with van der Waals surface area (Å²) in [6.45, 7) is 4.09. The van der Waals surface area contributed by atoms with Crippen LogP contribution >= 0.6 is 0 Å². The first-order valence-electron chi connectivity index (χ1n) is 11.3. The van der Waals surface area contributed by atoms with Gasteiger partial charge in [-0.25, -0.2) is 4.98 Å². The Morgan fingerprint density at radius 2 is 1.97 bits per heavy atom. The van der Waals surface area contributed by atoms with Gasteiger partial charge >= 0.3 is 0 Å². The van der Waals surface area contributed by atoms with E-state index in [9.17, 15) is 9.90 Å². The molecular weight excluding hydrogens is 388 g/mol. The summed E-state index contributed by atoms with van der Waals surface area (Å²) in [5, 5.41) is 15.3. The molecule has 3 heterocycles. The number of rotatable bonds is 7. The fourth-order valence-electron chi connectivity index (χ4n) is 4.07. The lowest BCUT2D eigenvalue weighted by molar-refractivity contribution is -0.117. The summed E-state index contributed by atoms with van der Waals surface area (Å²) in [6.07, 6.45) is 8.96. The molecule has 3 aromatic rings. The topological polar surface area (TPSA) is 88.0 Å². The van der Waals surface area contributed by atoms with Crippen LogP contribution in [0.3, 0.4) is 0 Å². The molecule has 160 valence electrons. The Kier molecular flexibility index (Phi) is 5.18. The standard InChI is InChI=1S/C25H28N4O2/c1-3-4-22(30)21-9-14(2)19(13-26-21)20-10-17-12-27-23(29-25(31)16-7-8-16)11-18(17)24(28-20)15-5-6-15/h9-13,15-16,22,30H,3-8H2,1-2H3,(H,27,29,31)/t22-/m1/s1. The van der Waals surface area contributed by atoms with E-state index in [0.717, 1.165) is 65.4 Å². The SMILES string of the molecule is CCC[C@@H](O)c1cc(C)c(-c2cc3cnc(NC(=O)C4CC4)cc3c(C3CC3)n2)cn1. The number of aryl methyl sites for hydroxylation is 1. The average Bonchev–Trinajstić information content (AvgIpc) is 3.65. The maximum atomic E-state index is 12.1. The quantitative estimate of drug-likeness (QED) is 0.562. The molecule has 2 N–H and O–H groups in total. The number of aliphatic hydroxyl groups is 1. The van der Waals surface area contributed by atoms with Crippen LogP contribution in [0.15, 0.2) is 30.6 Å². The van der Waals surface area contributed by atoms with Crippen LogP contribution in [0.4, 0.5) is 5.82 Å². The molecule has 6 nitrogen and oxygen atoms in total. The van der Waals surface area contributed by atoms with Crippen molar-refractivity contribution in [2.75, 3.05) is 5.32 Å². The predicted molar refractivity (Wildman–Crippen MR) is 121 cm³/mol. The molecule has 0 spiro atoms. The van der Waals surface area contributed by atoms with Crippen LogP contribution in [0.1, 0.15) is 74.4 Å². The first-order chi connectivity index (χ1) is 15.0. The van der Waals surface area contributed by atoms with Crippen molar-refractivity contribution in [2.45, 2.75) is 64.4 Å². The van der Waals surface area contributed by atoms with Crippen LogP contribution in [0, 0.1) is 12.8 Å². The Morgan fingerprint density at radius 1 is 1.16 bits per heavy atom. The van der Waals surface area contributed by atoms with E-state index in [4.69, 9.17) is 4.98 Å². The molecule has 2 aliphatic carbocycles. The maximum Gasteiger partial charge on any atom is 0.228 e. The number of aromatic nitrogens is 3. The van der Waals surface area contributed by atoms with Gasteiger partial charge in [-0.15, -0.1) is 0 Å². The molecule has 0 unspecified atom stereocenters. The van der Waals surface area contributed by atoms with Crippen molar-refractivity contribution < 1.29 is 9.90 Å². The molecule has 2 aliphatic rings. The van der Waals surface area contributed by atoms with Gasteiger partial charge in [0.2, 0.25) is 5.91 Å². The number of pyridine rings is 3. The van der Waals surface area contributed by atoms with Gasteiger partial charge in [0, 0.05) is 40.6 Å². The second kappa shape index (κ2) is 8.00. The van der Waals surface area contributed by atoms with Crippen molar-refractivity contribution in [3.8, 4) is 11.3 Å². The summed E-state index contributed by atoms with van der Waals surface area (Å²) in [5.41, 5.74) is 4.69. The van der Waals surface area contributed by atoms with Gasteiger partial charge < -0.3 is 10.4 Å². The summed E-state index contributed by atoms with van der Waals surface area (Å²) in [6, 6.07) is 5.98. The highest BCUT2D eigenvalue weighted by atomic mass is 16.3. The van der Waals surface area contributed by atoms with Crippen LogP contribution in [0.2, 0.25) is 0 Å². The molecule has 5 rings (SSSR count). The van der Waals surface area contributed by atoms with Crippen molar-refractivity contribution >= 4 is 22.5 Å². The van der Waals surface area contributed by atoms with E-state index in [1.54, 1.807) is 0 Å². The number of anilines is 1. The second-order valence-electron chi connectivity index (χ2n) is 8.95. The van der Waals surface area contributed by atoms with Crippen LogP contribution in [0.25, 0.3) is 22.0 Å². The molecule has 0 saturated heterocycles. The number of fused-ring (bicyclic) bond motifs is 1. The first-order valence-corrected chi connectivity index (χ1v) is 11.3. The molecule has 3 aromatic heterocycles. The summed E-state index contributed by atoms with van der Waals surface area (Å²) in [5.74, 6) is 1.27. The van der Waals surface area contributed by atoms with E-state index in [2.05, 4.69) is 22.2 Å². The van der Waals surface area contributed by atoms with E-state index in [1.165, 1.54) is 0 Å². The van der Waals surface area contributed by atoms with Gasteiger partial charge in [0.1, 0.15) is 5.82 Å². The predicted octanol–water partition coefficient (Wildman–Crippen LogP) is 5.06. The van der Waals surface area contributed by atoms with Crippen molar-refractivity contribution in [1.82, 2.24) is 15.0 Å². The lowest BCUT2D eigenvalue weighted by Crippen LogP contribution is -2.14. The van der Waals surface area contributed by atoms with Crippen molar-refractivity contribution in [3.05, 3.63) is 47.5 Å². The molecule has 6 heteroatoms. The van der Waals surface area contributed by atoms with Gasteiger partial charge in [-0.1, -0.05) is 13.3 Å². The molecule has 0 radical (unpaired) electrons. The third-order valence-corrected chi connectivity index (χ3v) is 6.22. The highest BCUT2D eigenvalue weighted by Crippen LogP contribution is 2.43. The molecule has 31 heavy (non-hydrogen) atoms. The van der Waals surface area contributed by atoms with E-state index >= 15 is 0 Å². The first kappa shape index (κ1) is 20.1. The van der Waals surface area contributed by atoms with Crippen LogP contribution in [0.5, 0.6) is 0 Å². The van der Waals surface area contributed by atoms with E-state index in [0.29, 0.717) is 23.9 Å². The normalized spacial score (nSPS) is 17.0. The second-order valence-corrected chi connectivity index (χ2v) is 8.95. The number of nitrogens with one attached hydrogen (secondary N) is 1. The monoisotopic (exact) mass is 416 g/mol. The lowest BCUT2D eigenvalue weighted by Gasteiger charge is -2.14. The number of hydrogen-bond acceptors (Lipinski definition) is 5. The third kappa shape index (κ3) is 4.17. The third-order valence-electron chi connectivity index (χ3n) is 6.22. The molecule has 0 aliphatic heterocycles. The van der Waals surface area contributed by atoms with Gasteiger partial charge in [0.05, 0.1) is 23.2 Å². The Morgan fingerprint density at radius 3 is 2.65 bits per heavy atom.